The molecule has 2 aromatic rings. The zero-order valence-corrected chi connectivity index (χ0v) is 22.1. The number of epoxide rings is 2. The average Bonchev–Trinajstić information content (AvgIpc) is 3.64. The van der Waals surface area contributed by atoms with Gasteiger partial charge in [0.2, 0.25) is 0 Å². The highest BCUT2D eigenvalue weighted by Gasteiger charge is 2.28. The van der Waals surface area contributed by atoms with E-state index in [-0.39, 0.29) is 23.0 Å². The molecular weight excluding hydrogens is 424 g/mol. The van der Waals surface area contributed by atoms with E-state index in [4.69, 9.17) is 18.9 Å². The molecule has 0 radical (unpaired) electrons. The summed E-state index contributed by atoms with van der Waals surface area (Å²) in [5.41, 5.74) is 6.97. The smallest absolute Gasteiger partial charge is 0.130 e. The summed E-state index contributed by atoms with van der Waals surface area (Å²) < 4.78 is 23.6. The van der Waals surface area contributed by atoms with E-state index in [0.29, 0.717) is 13.2 Å². The Kier molecular flexibility index (Phi) is 6.85. The Morgan fingerprint density at radius 1 is 0.706 bits per heavy atom. The van der Waals surface area contributed by atoms with Crippen molar-refractivity contribution in [3.8, 4) is 11.5 Å². The first-order chi connectivity index (χ1) is 15.9. The van der Waals surface area contributed by atoms with Gasteiger partial charge >= 0.3 is 0 Å². The van der Waals surface area contributed by atoms with Crippen LogP contribution in [-0.2, 0) is 20.3 Å². The second-order valence-corrected chi connectivity index (χ2v) is 11.7. The molecule has 4 nitrogen and oxygen atoms in total. The maximum atomic E-state index is 6.39. The first kappa shape index (κ1) is 24.8. The number of hydrogen-bond donors (Lipinski definition) is 0. The summed E-state index contributed by atoms with van der Waals surface area (Å²) in [6.45, 7) is 20.4. The van der Waals surface area contributed by atoms with Crippen molar-refractivity contribution in [2.45, 2.75) is 78.4 Å². The lowest BCUT2D eigenvalue weighted by molar-refractivity contribution is 0.257. The Balaban J connectivity index is 1.78. The lowest BCUT2D eigenvalue weighted by Crippen LogP contribution is -2.17. The van der Waals surface area contributed by atoms with Crippen LogP contribution in [0.15, 0.2) is 24.3 Å². The van der Waals surface area contributed by atoms with Gasteiger partial charge in [-0.2, -0.15) is 0 Å². The van der Waals surface area contributed by atoms with E-state index in [1.54, 1.807) is 0 Å². The van der Waals surface area contributed by atoms with Crippen molar-refractivity contribution in [3.63, 3.8) is 0 Å². The fourth-order valence-corrected chi connectivity index (χ4v) is 4.15. The van der Waals surface area contributed by atoms with Crippen molar-refractivity contribution in [1.29, 1.82) is 0 Å². The number of rotatable bonds is 8. The first-order valence-electron chi connectivity index (χ1n) is 12.4. The van der Waals surface area contributed by atoms with Crippen LogP contribution in [0.4, 0.5) is 0 Å². The topological polar surface area (TPSA) is 43.5 Å². The van der Waals surface area contributed by atoms with Crippen LogP contribution in [0.5, 0.6) is 11.5 Å². The van der Waals surface area contributed by atoms with Crippen LogP contribution in [0.1, 0.15) is 74.9 Å². The zero-order valence-electron chi connectivity index (χ0n) is 22.1. The molecule has 184 valence electrons. The third-order valence-corrected chi connectivity index (χ3v) is 6.49. The molecule has 0 N–H and O–H groups in total. The van der Waals surface area contributed by atoms with Gasteiger partial charge in [0.15, 0.2) is 0 Å². The number of ether oxygens (including phenoxy) is 4. The van der Waals surface area contributed by atoms with Gasteiger partial charge in [-0.1, -0.05) is 78.0 Å². The summed E-state index contributed by atoms with van der Waals surface area (Å²) in [7, 11) is 0. The minimum atomic E-state index is -0.0311. The second-order valence-electron chi connectivity index (χ2n) is 11.7. The van der Waals surface area contributed by atoms with Gasteiger partial charge in [0.25, 0.3) is 0 Å². The highest BCUT2D eigenvalue weighted by Crippen LogP contribution is 2.40. The Hall–Kier alpha value is -2.30. The van der Waals surface area contributed by atoms with Gasteiger partial charge in [0.05, 0.1) is 13.2 Å². The van der Waals surface area contributed by atoms with Gasteiger partial charge in [-0.15, -0.1) is 0 Å². The minimum absolute atomic E-state index is 0.0311. The summed E-state index contributed by atoms with van der Waals surface area (Å²) in [5, 5.41) is 0. The van der Waals surface area contributed by atoms with E-state index < -0.39 is 0 Å². The third kappa shape index (κ3) is 5.84. The van der Waals surface area contributed by atoms with E-state index in [0.717, 1.165) is 35.8 Å². The summed E-state index contributed by atoms with van der Waals surface area (Å²) in [6.07, 6.45) is 4.81. The molecule has 2 aliphatic heterocycles. The number of hydrogen-bond acceptors (Lipinski definition) is 4. The molecule has 2 saturated heterocycles. The van der Waals surface area contributed by atoms with Gasteiger partial charge in [0.1, 0.15) is 36.9 Å². The normalized spacial score (nSPS) is 20.0. The average molecular weight is 465 g/mol. The van der Waals surface area contributed by atoms with Crippen molar-refractivity contribution < 1.29 is 18.9 Å². The fourth-order valence-electron chi connectivity index (χ4n) is 4.15. The van der Waals surface area contributed by atoms with E-state index in [1.165, 1.54) is 22.3 Å². The monoisotopic (exact) mass is 464 g/mol. The minimum Gasteiger partial charge on any atom is -0.490 e. The molecule has 2 heterocycles. The van der Waals surface area contributed by atoms with Gasteiger partial charge in [-0.05, 0) is 35.8 Å². The van der Waals surface area contributed by atoms with Crippen LogP contribution in [0.2, 0.25) is 0 Å². The molecule has 2 aromatic carbocycles. The lowest BCUT2D eigenvalue weighted by atomic mass is 9.83. The summed E-state index contributed by atoms with van der Waals surface area (Å²) >= 11 is 0. The van der Waals surface area contributed by atoms with E-state index in [9.17, 15) is 0 Å². The Bertz CT molecular complexity index is 975. The second kappa shape index (κ2) is 9.39. The van der Waals surface area contributed by atoms with E-state index >= 15 is 0 Å². The van der Waals surface area contributed by atoms with Gasteiger partial charge in [-0.25, -0.2) is 0 Å². The Morgan fingerprint density at radius 3 is 1.35 bits per heavy atom. The lowest BCUT2D eigenvalue weighted by Gasteiger charge is -2.26. The molecule has 34 heavy (non-hydrogen) atoms. The van der Waals surface area contributed by atoms with Crippen molar-refractivity contribution >= 4 is 12.2 Å². The maximum absolute atomic E-state index is 6.39. The molecule has 4 heteroatoms. The van der Waals surface area contributed by atoms with E-state index in [2.05, 4.69) is 91.8 Å². The van der Waals surface area contributed by atoms with Crippen LogP contribution in [-0.4, -0.2) is 38.6 Å². The van der Waals surface area contributed by atoms with Crippen molar-refractivity contribution in [1.82, 2.24) is 0 Å². The number of benzene rings is 2. The molecule has 2 fully saturated rings. The Morgan fingerprint density at radius 2 is 1.06 bits per heavy atom. The summed E-state index contributed by atoms with van der Waals surface area (Å²) in [6, 6.07) is 8.79. The first-order valence-corrected chi connectivity index (χ1v) is 12.4. The van der Waals surface area contributed by atoms with Crippen molar-refractivity contribution in [2.75, 3.05) is 26.4 Å². The molecular formula is C30H40O4. The molecule has 2 aliphatic rings. The predicted molar refractivity (Wildman–Crippen MR) is 139 cm³/mol. The number of aryl methyl sites for hydroxylation is 2. The molecule has 0 bridgehead atoms. The van der Waals surface area contributed by atoms with Gasteiger partial charge in [0, 0.05) is 22.3 Å². The maximum Gasteiger partial charge on any atom is 0.130 e. The quantitative estimate of drug-likeness (QED) is 0.325. The highest BCUT2D eigenvalue weighted by molar-refractivity contribution is 5.79. The van der Waals surface area contributed by atoms with Crippen molar-refractivity contribution in [2.24, 2.45) is 0 Å². The standard InChI is InChI=1S/C30H40O4/c1-19-9-13-25(29(3,4)5)27(33-17-21-15-31-21)23(19)11-12-24-20(2)10-14-26(30(6,7)8)28(24)34-18-22-16-32-22/h9-14,21-22H,15-18H2,1-8H3. The molecule has 0 aliphatic carbocycles. The van der Waals surface area contributed by atoms with Crippen LogP contribution in [0.3, 0.4) is 0 Å². The molecule has 0 spiro atoms. The zero-order chi connectivity index (χ0) is 24.7. The van der Waals surface area contributed by atoms with Crippen LogP contribution >= 0.6 is 0 Å². The molecule has 0 amide bonds. The van der Waals surface area contributed by atoms with Crippen LogP contribution < -0.4 is 9.47 Å². The van der Waals surface area contributed by atoms with Crippen LogP contribution in [0, 0.1) is 13.8 Å². The molecule has 2 atom stereocenters. The van der Waals surface area contributed by atoms with Crippen molar-refractivity contribution in [3.05, 3.63) is 57.6 Å². The SMILES string of the molecule is Cc1ccc(C(C)(C)C)c(OCC2CO2)c1C=Cc1c(C)ccc(C(C)(C)C)c1OCC1CO1. The van der Waals surface area contributed by atoms with Gasteiger partial charge in [-0.3, -0.25) is 0 Å². The predicted octanol–water partition coefficient (Wildman–Crippen LogP) is 6.62. The van der Waals surface area contributed by atoms with Crippen LogP contribution in [0.25, 0.3) is 12.2 Å². The molecule has 4 rings (SSSR count). The Labute approximate surface area is 205 Å². The molecule has 2 unspecified atom stereocenters. The molecule has 0 saturated carbocycles. The van der Waals surface area contributed by atoms with E-state index in [1.807, 2.05) is 0 Å². The fraction of sp³-hybridized carbons (Fsp3) is 0.533. The molecule has 0 aromatic heterocycles. The summed E-state index contributed by atoms with van der Waals surface area (Å²) in [5.74, 6) is 1.91. The third-order valence-electron chi connectivity index (χ3n) is 6.49. The highest BCUT2D eigenvalue weighted by atomic mass is 16.6. The van der Waals surface area contributed by atoms with Gasteiger partial charge < -0.3 is 18.9 Å². The largest absolute Gasteiger partial charge is 0.490 e. The summed E-state index contributed by atoms with van der Waals surface area (Å²) in [4.78, 5) is 0.